The Morgan fingerprint density at radius 2 is 2.15 bits per heavy atom. The Hall–Kier alpha value is -2.84. The zero-order valence-electron chi connectivity index (χ0n) is 14.6. The Bertz CT molecular complexity index is 1330. The van der Waals surface area contributed by atoms with Crippen LogP contribution in [0.1, 0.15) is 11.5 Å². The molecule has 27 heavy (non-hydrogen) atoms. The topological polar surface area (TPSA) is 89.6 Å². The van der Waals surface area contributed by atoms with Crippen LogP contribution < -0.4 is 16.6 Å². The summed E-state index contributed by atoms with van der Waals surface area (Å²) in [5, 5.41) is 4.73. The highest BCUT2D eigenvalue weighted by molar-refractivity contribution is 6.35. The van der Waals surface area contributed by atoms with Crippen molar-refractivity contribution < 1.29 is 0 Å². The van der Waals surface area contributed by atoms with Gasteiger partial charge in [0, 0.05) is 41.8 Å². The van der Waals surface area contributed by atoms with Crippen molar-refractivity contribution in [2.75, 3.05) is 6.54 Å². The first-order valence-electron chi connectivity index (χ1n) is 8.70. The molecule has 3 aromatic heterocycles. The second-order valence-corrected chi connectivity index (χ2v) is 7.16. The van der Waals surface area contributed by atoms with Gasteiger partial charge in [-0.25, -0.2) is 9.78 Å². The number of halogens is 1. The van der Waals surface area contributed by atoms with Gasteiger partial charge in [-0.05, 0) is 18.2 Å². The minimum absolute atomic E-state index is 0.144. The van der Waals surface area contributed by atoms with Gasteiger partial charge in [0.05, 0.1) is 13.1 Å². The van der Waals surface area contributed by atoms with E-state index in [4.69, 9.17) is 11.6 Å². The molecule has 1 aromatic carbocycles. The van der Waals surface area contributed by atoms with Crippen LogP contribution in [0.4, 0.5) is 0 Å². The van der Waals surface area contributed by atoms with Crippen LogP contribution in [0, 0.1) is 0 Å². The lowest BCUT2D eigenvalue weighted by molar-refractivity contribution is 0.513. The van der Waals surface area contributed by atoms with Crippen LogP contribution in [0.5, 0.6) is 0 Å². The maximum absolute atomic E-state index is 13.1. The standard InChI is InChI=1S/C18H17ClN6O2/c1-23-16-15(24-6-5-20-8-14(24)22-16)17(26)25(18(23)27)9-10-7-11-12(19)3-2-4-13(11)21-10/h2-4,7,20-21H,5-6,8-9H2,1H3. The van der Waals surface area contributed by atoms with Crippen molar-refractivity contribution in [1.82, 2.24) is 29.0 Å². The Balaban J connectivity index is 1.71. The molecule has 0 atom stereocenters. The van der Waals surface area contributed by atoms with Crippen molar-refractivity contribution in [3.05, 3.63) is 61.6 Å². The van der Waals surface area contributed by atoms with Crippen molar-refractivity contribution in [1.29, 1.82) is 0 Å². The van der Waals surface area contributed by atoms with Crippen LogP contribution >= 0.6 is 11.6 Å². The summed E-state index contributed by atoms with van der Waals surface area (Å²) in [5.74, 6) is 0.776. The van der Waals surface area contributed by atoms with E-state index in [0.29, 0.717) is 29.3 Å². The molecule has 0 amide bonds. The summed E-state index contributed by atoms with van der Waals surface area (Å²) >= 11 is 6.23. The molecule has 0 radical (unpaired) electrons. The molecule has 8 nitrogen and oxygen atoms in total. The number of nitrogens with zero attached hydrogens (tertiary/aromatic N) is 4. The van der Waals surface area contributed by atoms with Crippen molar-refractivity contribution in [2.45, 2.75) is 19.6 Å². The molecule has 1 aliphatic rings. The first kappa shape index (κ1) is 16.3. The molecule has 5 rings (SSSR count). The predicted molar refractivity (Wildman–Crippen MR) is 103 cm³/mol. The van der Waals surface area contributed by atoms with Crippen LogP contribution in [0.15, 0.2) is 33.9 Å². The number of rotatable bonds is 2. The molecule has 1 aliphatic heterocycles. The number of aryl methyl sites for hydroxylation is 1. The van der Waals surface area contributed by atoms with E-state index in [2.05, 4.69) is 15.3 Å². The summed E-state index contributed by atoms with van der Waals surface area (Å²) < 4.78 is 4.60. The molecule has 4 aromatic rings. The summed E-state index contributed by atoms with van der Waals surface area (Å²) in [6.45, 7) is 2.15. The van der Waals surface area contributed by atoms with Gasteiger partial charge in [-0.3, -0.25) is 13.9 Å². The van der Waals surface area contributed by atoms with Gasteiger partial charge < -0.3 is 14.9 Å². The highest BCUT2D eigenvalue weighted by Crippen LogP contribution is 2.24. The number of nitrogens with one attached hydrogen (secondary N) is 2. The van der Waals surface area contributed by atoms with Gasteiger partial charge in [0.2, 0.25) is 0 Å². The third kappa shape index (κ3) is 2.37. The number of fused-ring (bicyclic) bond motifs is 4. The number of hydrogen-bond acceptors (Lipinski definition) is 4. The number of benzene rings is 1. The summed E-state index contributed by atoms with van der Waals surface area (Å²) in [4.78, 5) is 33.7. The number of aromatic amines is 1. The summed E-state index contributed by atoms with van der Waals surface area (Å²) in [7, 11) is 1.65. The smallest absolute Gasteiger partial charge is 0.332 e. The molecule has 0 saturated carbocycles. The Morgan fingerprint density at radius 1 is 1.30 bits per heavy atom. The van der Waals surface area contributed by atoms with E-state index < -0.39 is 0 Å². The number of H-pyrrole nitrogens is 1. The third-order valence-corrected chi connectivity index (χ3v) is 5.43. The van der Waals surface area contributed by atoms with Gasteiger partial charge in [-0.15, -0.1) is 0 Å². The van der Waals surface area contributed by atoms with Gasteiger partial charge in [0.25, 0.3) is 5.56 Å². The minimum atomic E-state index is -0.388. The van der Waals surface area contributed by atoms with E-state index in [-0.39, 0.29) is 17.8 Å². The fourth-order valence-electron chi connectivity index (χ4n) is 3.75. The van der Waals surface area contributed by atoms with Crippen LogP contribution in [0.3, 0.4) is 0 Å². The minimum Gasteiger partial charge on any atom is -0.357 e. The lowest BCUT2D eigenvalue weighted by Gasteiger charge is -2.15. The first-order chi connectivity index (χ1) is 13.0. The molecule has 0 aliphatic carbocycles. The zero-order chi connectivity index (χ0) is 18.7. The SMILES string of the molecule is Cn1c(=O)n(Cc2cc3c(Cl)cccc3[nH]2)c(=O)c2c1nc1n2CCNC1. The number of imidazole rings is 1. The number of aromatic nitrogens is 5. The van der Waals surface area contributed by atoms with E-state index in [1.54, 1.807) is 7.05 Å². The molecular formula is C18H17ClN6O2. The summed E-state index contributed by atoms with van der Waals surface area (Å²) in [6, 6.07) is 7.46. The quantitative estimate of drug-likeness (QED) is 0.543. The van der Waals surface area contributed by atoms with E-state index in [1.807, 2.05) is 28.8 Å². The zero-order valence-corrected chi connectivity index (χ0v) is 15.4. The Kier molecular flexibility index (Phi) is 3.53. The molecule has 0 spiro atoms. The van der Waals surface area contributed by atoms with Gasteiger partial charge in [-0.2, -0.15) is 0 Å². The van der Waals surface area contributed by atoms with E-state index in [9.17, 15) is 9.59 Å². The molecule has 9 heteroatoms. The third-order valence-electron chi connectivity index (χ3n) is 5.10. The second kappa shape index (κ2) is 5.83. The first-order valence-corrected chi connectivity index (χ1v) is 9.08. The molecule has 0 unspecified atom stereocenters. The second-order valence-electron chi connectivity index (χ2n) is 6.76. The van der Waals surface area contributed by atoms with Crippen molar-refractivity contribution in [3.8, 4) is 0 Å². The van der Waals surface area contributed by atoms with Gasteiger partial charge >= 0.3 is 5.69 Å². The Morgan fingerprint density at radius 3 is 2.96 bits per heavy atom. The van der Waals surface area contributed by atoms with E-state index in [0.717, 1.165) is 29.0 Å². The van der Waals surface area contributed by atoms with Crippen molar-refractivity contribution in [2.24, 2.45) is 7.05 Å². The van der Waals surface area contributed by atoms with E-state index in [1.165, 1.54) is 9.13 Å². The molecule has 0 fully saturated rings. The maximum atomic E-state index is 13.1. The molecule has 2 N–H and O–H groups in total. The van der Waals surface area contributed by atoms with Gasteiger partial charge in [-0.1, -0.05) is 17.7 Å². The fourth-order valence-corrected chi connectivity index (χ4v) is 3.98. The summed E-state index contributed by atoms with van der Waals surface area (Å²) in [6.07, 6.45) is 0. The van der Waals surface area contributed by atoms with Crippen LogP contribution in [-0.2, 0) is 26.7 Å². The number of hydrogen-bond donors (Lipinski definition) is 2. The van der Waals surface area contributed by atoms with Gasteiger partial charge in [0.1, 0.15) is 5.82 Å². The van der Waals surface area contributed by atoms with Gasteiger partial charge in [0.15, 0.2) is 11.2 Å². The normalized spacial score (nSPS) is 14.1. The Labute approximate surface area is 158 Å². The highest BCUT2D eigenvalue weighted by Gasteiger charge is 2.22. The van der Waals surface area contributed by atoms with Crippen LogP contribution in [-0.4, -0.2) is 30.2 Å². The average Bonchev–Trinajstić information content (AvgIpc) is 3.25. The van der Waals surface area contributed by atoms with Crippen LogP contribution in [0.2, 0.25) is 5.02 Å². The molecular weight excluding hydrogens is 368 g/mol. The summed E-state index contributed by atoms with van der Waals surface area (Å²) in [5.41, 5.74) is 1.81. The predicted octanol–water partition coefficient (Wildman–Crippen LogP) is 1.18. The van der Waals surface area contributed by atoms with Crippen molar-refractivity contribution in [3.63, 3.8) is 0 Å². The molecule has 0 bridgehead atoms. The van der Waals surface area contributed by atoms with Crippen molar-refractivity contribution >= 4 is 33.7 Å². The van der Waals surface area contributed by atoms with E-state index >= 15 is 0 Å². The molecule has 4 heterocycles. The maximum Gasteiger partial charge on any atom is 0.332 e. The molecule has 0 saturated heterocycles. The largest absolute Gasteiger partial charge is 0.357 e. The lowest BCUT2D eigenvalue weighted by Crippen LogP contribution is -2.40. The molecule has 138 valence electrons. The van der Waals surface area contributed by atoms with Crippen LogP contribution in [0.25, 0.3) is 22.1 Å². The lowest BCUT2D eigenvalue weighted by atomic mass is 10.2. The average molecular weight is 385 g/mol. The fraction of sp³-hybridized carbons (Fsp3) is 0.278. The highest BCUT2D eigenvalue weighted by atomic mass is 35.5. The monoisotopic (exact) mass is 384 g/mol.